The Morgan fingerprint density at radius 3 is 1.43 bits per heavy atom. The van der Waals surface area contributed by atoms with Gasteiger partial charge in [0.1, 0.15) is 16.7 Å². The zero-order chi connectivity index (χ0) is 58.3. The van der Waals surface area contributed by atoms with E-state index in [9.17, 15) is 0 Å². The quantitative estimate of drug-likeness (QED) is 0.150. The molecule has 0 aliphatic heterocycles. The highest BCUT2D eigenvalue weighted by molar-refractivity contribution is 6.20. The van der Waals surface area contributed by atoms with Crippen LogP contribution in [0.1, 0.15) is 0 Å². The fourth-order valence-corrected chi connectivity index (χ4v) is 13.8. The maximum absolute atomic E-state index is 7.09. The molecule has 0 spiro atoms. The van der Waals surface area contributed by atoms with Crippen LogP contribution in [-0.2, 0) is 0 Å². The van der Waals surface area contributed by atoms with Crippen LogP contribution in [0.3, 0.4) is 0 Å². The second-order valence-corrected chi connectivity index (χ2v) is 22.9. The molecule has 19 aromatic rings. The lowest BCUT2D eigenvalue weighted by atomic mass is 10.00. The molecule has 19 rings (SSSR count). The maximum atomic E-state index is 7.09. The summed E-state index contributed by atoms with van der Waals surface area (Å²) < 4.78 is 21.0. The Balaban J connectivity index is 0.764. The normalized spacial score (nSPS) is 12.0. The monoisotopic (exact) mass is 1140 g/mol. The van der Waals surface area contributed by atoms with Gasteiger partial charge in [0.25, 0.3) is 0 Å². The predicted octanol–water partition coefficient (Wildman–Crippen LogP) is 20.7. The third kappa shape index (κ3) is 7.55. The number of aromatic nitrogens is 7. The molecule has 0 fully saturated rings. The molecule has 0 unspecified atom stereocenters. The molecule has 7 heterocycles. The van der Waals surface area contributed by atoms with Crippen molar-refractivity contribution in [3.63, 3.8) is 0 Å². The second-order valence-electron chi connectivity index (χ2n) is 22.9. The number of benzene rings is 12. The number of para-hydroxylation sites is 4. The average molecular weight is 1140 g/mol. The SMILES string of the molecule is c1ccc(-c2cccc(-n3c4ccccc4c4cc5oc6nc(-c7cccc(-c8ccc9c(c8)c8ccccc8n9-c8nc(-c9ccccc9)nc9c8oc8cc%10c%11ccccc%11n(-c%11ccccc%11)c%10cc89)c7)nc(-c7ccccc7)c6c5cc43)c2)cc1. The van der Waals surface area contributed by atoms with Crippen LogP contribution in [0, 0.1) is 0 Å². The van der Waals surface area contributed by atoms with Crippen molar-refractivity contribution >= 4 is 110 Å². The molecule has 89 heavy (non-hydrogen) atoms. The molecule has 0 aliphatic carbocycles. The standard InChI is InChI=1S/C80H47N7O2/c1-5-21-48(22-6-1)52-28-20-32-56(42-52)86-66-37-17-14-35-59(66)61-46-71-63(44-69(61)86)73-74(49-23-7-2-8-24-49)81-78(84-80(73)89-71)54-29-19-27-51(41-54)53-39-40-68-60(43-53)57-33-15-18-38-67(57)87(68)79-76-75(82-77(83-79)50-25-9-3-10-26-50)64-45-70-62(47-72(64)88-76)58-34-13-16-36-65(58)85(70)55-30-11-4-12-31-55/h1-47H. The first kappa shape index (κ1) is 49.1. The van der Waals surface area contributed by atoms with E-state index in [1.165, 1.54) is 5.56 Å². The van der Waals surface area contributed by atoms with Gasteiger partial charge in [-0.05, 0) is 107 Å². The smallest absolute Gasteiger partial charge is 0.231 e. The minimum Gasteiger partial charge on any atom is -0.450 e. The summed E-state index contributed by atoms with van der Waals surface area (Å²) in [7, 11) is 0. The Morgan fingerprint density at radius 1 is 0.258 bits per heavy atom. The number of rotatable bonds is 8. The summed E-state index contributed by atoms with van der Waals surface area (Å²) in [4.78, 5) is 21.6. The highest BCUT2D eigenvalue weighted by atomic mass is 16.3. The number of hydrogen-bond acceptors (Lipinski definition) is 6. The van der Waals surface area contributed by atoms with Crippen molar-refractivity contribution in [3.8, 4) is 73.5 Å². The van der Waals surface area contributed by atoms with Crippen molar-refractivity contribution in [1.82, 2.24) is 33.6 Å². The van der Waals surface area contributed by atoms with E-state index in [0.717, 1.165) is 149 Å². The Morgan fingerprint density at radius 2 is 0.742 bits per heavy atom. The van der Waals surface area contributed by atoms with Crippen LogP contribution in [0.25, 0.3) is 183 Å². The van der Waals surface area contributed by atoms with Gasteiger partial charge in [0.15, 0.2) is 23.0 Å². The lowest BCUT2D eigenvalue weighted by Crippen LogP contribution is -2.01. The van der Waals surface area contributed by atoms with Gasteiger partial charge >= 0.3 is 0 Å². The van der Waals surface area contributed by atoms with Crippen LogP contribution in [0.15, 0.2) is 294 Å². The molecule has 7 aromatic heterocycles. The van der Waals surface area contributed by atoms with Gasteiger partial charge in [-0.15, -0.1) is 0 Å². The summed E-state index contributed by atoms with van der Waals surface area (Å²) >= 11 is 0. The zero-order valence-electron chi connectivity index (χ0n) is 47.6. The van der Waals surface area contributed by atoms with Gasteiger partial charge in [0, 0.05) is 71.2 Å². The first-order chi connectivity index (χ1) is 44.1. The Labute approximate surface area is 507 Å². The minimum absolute atomic E-state index is 0.528. The van der Waals surface area contributed by atoms with Crippen LogP contribution in [0.2, 0.25) is 0 Å². The summed E-state index contributed by atoms with van der Waals surface area (Å²) in [6.07, 6.45) is 0. The summed E-state index contributed by atoms with van der Waals surface area (Å²) in [5.74, 6) is 1.85. The third-order valence-electron chi connectivity index (χ3n) is 17.9. The average Bonchev–Trinajstić information content (AvgIpc) is 1.72. The summed E-state index contributed by atoms with van der Waals surface area (Å²) in [5.41, 5.74) is 19.9. The minimum atomic E-state index is 0.528. The van der Waals surface area contributed by atoms with Gasteiger partial charge in [0.2, 0.25) is 5.71 Å². The third-order valence-corrected chi connectivity index (χ3v) is 17.9. The van der Waals surface area contributed by atoms with E-state index in [-0.39, 0.29) is 0 Å². The van der Waals surface area contributed by atoms with E-state index >= 15 is 0 Å². The number of fused-ring (bicyclic) bond motifs is 15. The molecule has 0 bridgehead atoms. The molecule has 414 valence electrons. The maximum Gasteiger partial charge on any atom is 0.231 e. The van der Waals surface area contributed by atoms with Crippen molar-refractivity contribution in [3.05, 3.63) is 285 Å². The highest BCUT2D eigenvalue weighted by Crippen LogP contribution is 2.45. The molecule has 0 saturated heterocycles. The Hall–Kier alpha value is -12.2. The van der Waals surface area contributed by atoms with E-state index < -0.39 is 0 Å². The molecule has 12 aromatic carbocycles. The number of nitrogens with zero attached hydrogens (tertiary/aromatic N) is 7. The van der Waals surface area contributed by atoms with Crippen molar-refractivity contribution in [2.45, 2.75) is 0 Å². The van der Waals surface area contributed by atoms with Crippen molar-refractivity contribution < 1.29 is 8.83 Å². The predicted molar refractivity (Wildman–Crippen MR) is 362 cm³/mol. The fraction of sp³-hybridized carbons (Fsp3) is 0. The molecule has 9 heteroatoms. The topological polar surface area (TPSA) is 92.6 Å². The number of hydrogen-bond donors (Lipinski definition) is 0. The first-order valence-electron chi connectivity index (χ1n) is 29.9. The molecule has 0 aliphatic rings. The lowest BCUT2D eigenvalue weighted by molar-refractivity contribution is 0.654. The van der Waals surface area contributed by atoms with Crippen LogP contribution in [-0.4, -0.2) is 33.6 Å². The lowest BCUT2D eigenvalue weighted by Gasteiger charge is -2.11. The van der Waals surface area contributed by atoms with Gasteiger partial charge < -0.3 is 18.0 Å². The molecular formula is C80H47N7O2. The molecule has 0 atom stereocenters. The summed E-state index contributed by atoms with van der Waals surface area (Å²) in [5, 5.41) is 9.39. The van der Waals surface area contributed by atoms with Crippen LogP contribution >= 0.6 is 0 Å². The van der Waals surface area contributed by atoms with E-state index in [1.54, 1.807) is 0 Å². The van der Waals surface area contributed by atoms with Crippen LogP contribution < -0.4 is 0 Å². The largest absolute Gasteiger partial charge is 0.450 e. The molecular weight excluding hydrogens is 1090 g/mol. The van der Waals surface area contributed by atoms with Gasteiger partial charge in [-0.3, -0.25) is 4.57 Å². The van der Waals surface area contributed by atoms with E-state index in [1.807, 2.05) is 24.3 Å². The molecule has 0 N–H and O–H groups in total. The van der Waals surface area contributed by atoms with Crippen molar-refractivity contribution in [2.24, 2.45) is 0 Å². The zero-order valence-corrected chi connectivity index (χ0v) is 47.6. The van der Waals surface area contributed by atoms with E-state index in [4.69, 9.17) is 28.8 Å². The van der Waals surface area contributed by atoms with Crippen molar-refractivity contribution in [1.29, 1.82) is 0 Å². The van der Waals surface area contributed by atoms with E-state index in [0.29, 0.717) is 28.8 Å². The fourth-order valence-electron chi connectivity index (χ4n) is 13.8. The Kier molecular flexibility index (Phi) is 10.6. The van der Waals surface area contributed by atoms with Crippen LogP contribution in [0.5, 0.6) is 0 Å². The van der Waals surface area contributed by atoms with Gasteiger partial charge in [-0.2, -0.15) is 4.98 Å². The molecule has 0 radical (unpaired) electrons. The molecule has 0 amide bonds. The van der Waals surface area contributed by atoms with Crippen molar-refractivity contribution in [2.75, 3.05) is 0 Å². The second kappa shape index (κ2) is 19.2. The molecule has 0 saturated carbocycles. The van der Waals surface area contributed by atoms with Crippen LogP contribution in [0.4, 0.5) is 0 Å². The number of furan rings is 2. The first-order valence-corrected chi connectivity index (χ1v) is 29.9. The van der Waals surface area contributed by atoms with E-state index in [2.05, 4.69) is 275 Å². The molecule has 9 nitrogen and oxygen atoms in total. The van der Waals surface area contributed by atoms with Gasteiger partial charge in [-0.1, -0.05) is 200 Å². The Bertz CT molecular complexity index is 6100. The van der Waals surface area contributed by atoms with Gasteiger partial charge in [-0.25, -0.2) is 15.0 Å². The van der Waals surface area contributed by atoms with Gasteiger partial charge in [0.05, 0.1) is 44.2 Å². The highest BCUT2D eigenvalue weighted by Gasteiger charge is 2.26. The summed E-state index contributed by atoms with van der Waals surface area (Å²) in [6, 6.07) is 100. The summed E-state index contributed by atoms with van der Waals surface area (Å²) in [6.45, 7) is 0.